The summed E-state index contributed by atoms with van der Waals surface area (Å²) >= 11 is 0. The van der Waals surface area contributed by atoms with Crippen LogP contribution in [0.4, 0.5) is 4.39 Å². The number of aliphatic imine (C=N–C) groups is 1. The highest BCUT2D eigenvalue weighted by Gasteiger charge is 2.09. The summed E-state index contributed by atoms with van der Waals surface area (Å²) in [5.41, 5.74) is 6.48. The third-order valence-electron chi connectivity index (χ3n) is 2.25. The van der Waals surface area contributed by atoms with Crippen molar-refractivity contribution in [1.29, 1.82) is 0 Å². The van der Waals surface area contributed by atoms with E-state index in [0.29, 0.717) is 5.69 Å². The molecule has 4 N–H and O–H groups in total. The molecule has 0 saturated heterocycles. The maximum atomic E-state index is 11.8. The van der Waals surface area contributed by atoms with Gasteiger partial charge >= 0.3 is 0 Å². The number of halogens is 1. The van der Waals surface area contributed by atoms with Gasteiger partial charge in [-0.15, -0.1) is 0 Å². The topological polar surface area (TPSA) is 83.3 Å². The number of para-hydroxylation sites is 1. The Morgan fingerprint density at radius 3 is 2.94 bits per heavy atom. The normalized spacial score (nSPS) is 11.7. The molecule has 0 atom stereocenters. The summed E-state index contributed by atoms with van der Waals surface area (Å²) in [6.07, 6.45) is 0. The van der Waals surface area contributed by atoms with Gasteiger partial charge in [0.15, 0.2) is 12.8 Å². The highest BCUT2D eigenvalue weighted by atomic mass is 19.1. The largest absolute Gasteiger partial charge is 0.370 e. The van der Waals surface area contributed by atoms with E-state index in [1.165, 1.54) is 0 Å². The van der Waals surface area contributed by atoms with Crippen molar-refractivity contribution in [2.45, 2.75) is 0 Å². The van der Waals surface area contributed by atoms with Crippen molar-refractivity contribution in [2.24, 2.45) is 10.7 Å². The molecule has 6 heteroatoms. The molecule has 0 aliphatic heterocycles. The Bertz CT molecular complexity index is 543. The number of guanidine groups is 1. The Hall–Kier alpha value is -2.37. The minimum Gasteiger partial charge on any atom is -0.370 e. The third-order valence-corrected chi connectivity index (χ3v) is 2.25. The number of fused-ring (bicyclic) bond motifs is 1. The van der Waals surface area contributed by atoms with Crippen molar-refractivity contribution in [3.63, 3.8) is 0 Å². The summed E-state index contributed by atoms with van der Waals surface area (Å²) in [5.74, 6) is -0.688. The fourth-order valence-electron chi connectivity index (χ4n) is 1.48. The van der Waals surface area contributed by atoms with Gasteiger partial charge in [0.05, 0.1) is 0 Å². The van der Waals surface area contributed by atoms with Crippen molar-refractivity contribution in [3.8, 4) is 0 Å². The van der Waals surface area contributed by atoms with Crippen LogP contribution in [0, 0.1) is 0 Å². The van der Waals surface area contributed by atoms with Crippen LogP contribution in [-0.4, -0.2) is 23.6 Å². The van der Waals surface area contributed by atoms with E-state index in [9.17, 15) is 9.18 Å². The van der Waals surface area contributed by atoms with Crippen LogP contribution in [0.5, 0.6) is 0 Å². The molecule has 0 saturated carbocycles. The van der Waals surface area contributed by atoms with Crippen LogP contribution in [0.25, 0.3) is 10.9 Å². The molecule has 0 radical (unpaired) electrons. The summed E-state index contributed by atoms with van der Waals surface area (Å²) in [5, 5.41) is 3.19. The monoisotopic (exact) mass is 234 g/mol. The molecule has 0 bridgehead atoms. The summed E-state index contributed by atoms with van der Waals surface area (Å²) in [7, 11) is 0. The molecule has 0 fully saturated rings. The SMILES string of the molecule is N/C(=N\CF)NC(=O)c1cc2ccccc2[nH]1. The molecular weight excluding hydrogens is 223 g/mol. The first-order valence-electron chi connectivity index (χ1n) is 4.95. The van der Waals surface area contributed by atoms with E-state index in [-0.39, 0.29) is 5.96 Å². The molecule has 2 rings (SSSR count). The average molecular weight is 234 g/mol. The van der Waals surface area contributed by atoms with Crippen molar-refractivity contribution >= 4 is 22.8 Å². The average Bonchev–Trinajstić information content (AvgIpc) is 2.72. The van der Waals surface area contributed by atoms with Crippen LogP contribution in [0.15, 0.2) is 35.3 Å². The molecule has 2 aromatic rings. The second kappa shape index (κ2) is 4.65. The third kappa shape index (κ3) is 2.41. The zero-order valence-corrected chi connectivity index (χ0v) is 8.90. The summed E-state index contributed by atoms with van der Waals surface area (Å²) < 4.78 is 11.8. The first kappa shape index (κ1) is 11.1. The summed E-state index contributed by atoms with van der Waals surface area (Å²) in [4.78, 5) is 17.8. The van der Waals surface area contributed by atoms with Gasteiger partial charge in [-0.1, -0.05) is 18.2 Å². The van der Waals surface area contributed by atoms with E-state index in [2.05, 4.69) is 15.3 Å². The molecule has 88 valence electrons. The van der Waals surface area contributed by atoms with Crippen molar-refractivity contribution in [3.05, 3.63) is 36.0 Å². The van der Waals surface area contributed by atoms with E-state index in [1.54, 1.807) is 6.07 Å². The van der Waals surface area contributed by atoms with Gasteiger partial charge in [0.2, 0.25) is 0 Å². The van der Waals surface area contributed by atoms with E-state index >= 15 is 0 Å². The lowest BCUT2D eigenvalue weighted by molar-refractivity contribution is 0.0972. The minimum atomic E-state index is -0.960. The van der Waals surface area contributed by atoms with Crippen molar-refractivity contribution in [2.75, 3.05) is 6.80 Å². The van der Waals surface area contributed by atoms with Gasteiger partial charge in [0, 0.05) is 10.9 Å². The molecule has 0 spiro atoms. The zero-order valence-electron chi connectivity index (χ0n) is 8.90. The fraction of sp³-hybridized carbons (Fsp3) is 0.0909. The number of aromatic nitrogens is 1. The molecule has 1 heterocycles. The van der Waals surface area contributed by atoms with E-state index in [0.717, 1.165) is 10.9 Å². The predicted octanol–water partition coefficient (Wildman–Crippen LogP) is 1.14. The maximum Gasteiger partial charge on any atom is 0.274 e. The van der Waals surface area contributed by atoms with Crippen molar-refractivity contribution in [1.82, 2.24) is 10.3 Å². The highest BCUT2D eigenvalue weighted by Crippen LogP contribution is 2.14. The molecule has 5 nitrogen and oxygen atoms in total. The lowest BCUT2D eigenvalue weighted by Gasteiger charge is -2.00. The van der Waals surface area contributed by atoms with Gasteiger partial charge < -0.3 is 10.7 Å². The number of hydrogen-bond acceptors (Lipinski definition) is 2. The number of nitrogens with one attached hydrogen (secondary N) is 2. The second-order valence-electron chi connectivity index (χ2n) is 3.39. The number of carbonyl (C=O) groups excluding carboxylic acids is 1. The van der Waals surface area contributed by atoms with E-state index < -0.39 is 12.7 Å². The zero-order chi connectivity index (χ0) is 12.3. The van der Waals surface area contributed by atoms with Crippen LogP contribution >= 0.6 is 0 Å². The number of hydrogen-bond donors (Lipinski definition) is 3. The molecule has 1 amide bonds. The van der Waals surface area contributed by atoms with Gasteiger partial charge in [-0.25, -0.2) is 9.38 Å². The van der Waals surface area contributed by atoms with Crippen LogP contribution < -0.4 is 11.1 Å². The smallest absolute Gasteiger partial charge is 0.274 e. The standard InChI is InChI=1S/C11H11FN4O/c12-6-14-11(13)16-10(17)9-5-7-3-1-2-4-8(7)15-9/h1-5,15H,6H2,(H3,13,14,16,17). The molecule has 17 heavy (non-hydrogen) atoms. The lowest BCUT2D eigenvalue weighted by atomic mass is 10.2. The number of benzene rings is 1. The fourth-order valence-corrected chi connectivity index (χ4v) is 1.48. The van der Waals surface area contributed by atoms with Gasteiger partial charge in [-0.05, 0) is 12.1 Å². The highest BCUT2D eigenvalue weighted by molar-refractivity contribution is 6.06. The van der Waals surface area contributed by atoms with Crippen LogP contribution in [0.1, 0.15) is 10.5 Å². The van der Waals surface area contributed by atoms with Gasteiger partial charge in [-0.3, -0.25) is 10.1 Å². The molecule has 1 aromatic heterocycles. The van der Waals surface area contributed by atoms with E-state index in [4.69, 9.17) is 5.73 Å². The Balaban J connectivity index is 2.22. The molecule has 0 aliphatic rings. The molecule has 1 aromatic carbocycles. The number of nitrogens with two attached hydrogens (primary N) is 1. The van der Waals surface area contributed by atoms with Gasteiger partial charge in [-0.2, -0.15) is 0 Å². The first-order valence-corrected chi connectivity index (χ1v) is 4.95. The Labute approximate surface area is 96.5 Å². The molecular formula is C11H11FN4O. The van der Waals surface area contributed by atoms with Crippen molar-refractivity contribution < 1.29 is 9.18 Å². The number of aromatic amines is 1. The first-order chi connectivity index (χ1) is 8.20. The number of H-pyrrole nitrogens is 1. The van der Waals surface area contributed by atoms with Crippen LogP contribution in [0.3, 0.4) is 0 Å². The van der Waals surface area contributed by atoms with E-state index in [1.807, 2.05) is 24.3 Å². The minimum absolute atomic E-state index is 0.240. The number of nitrogens with zero attached hydrogens (tertiary/aromatic N) is 1. The second-order valence-corrected chi connectivity index (χ2v) is 3.39. The Morgan fingerprint density at radius 2 is 2.24 bits per heavy atom. The maximum absolute atomic E-state index is 11.8. The predicted molar refractivity (Wildman–Crippen MR) is 63.4 cm³/mol. The van der Waals surface area contributed by atoms with Crippen LogP contribution in [0.2, 0.25) is 0 Å². The number of carbonyl (C=O) groups is 1. The van der Waals surface area contributed by atoms with Crippen LogP contribution in [-0.2, 0) is 0 Å². The Morgan fingerprint density at radius 1 is 1.47 bits per heavy atom. The summed E-state index contributed by atoms with van der Waals surface area (Å²) in [6, 6.07) is 9.15. The number of alkyl halides is 1. The number of rotatable bonds is 2. The lowest BCUT2D eigenvalue weighted by Crippen LogP contribution is -2.37. The van der Waals surface area contributed by atoms with Gasteiger partial charge in [0.1, 0.15) is 5.69 Å². The number of amides is 1. The summed E-state index contributed by atoms with van der Waals surface area (Å²) in [6.45, 7) is -0.960. The van der Waals surface area contributed by atoms with Gasteiger partial charge in [0.25, 0.3) is 5.91 Å². The molecule has 0 aliphatic carbocycles. The Kier molecular flexibility index (Phi) is 3.04. The molecule has 0 unspecified atom stereocenters. The quantitative estimate of drug-likeness (QED) is 0.413.